The second-order valence-corrected chi connectivity index (χ2v) is 6.63. The smallest absolute Gasteiger partial charge is 0.0700 e. The van der Waals surface area contributed by atoms with Crippen LogP contribution in [0.2, 0.25) is 0 Å². The van der Waals surface area contributed by atoms with Crippen LogP contribution < -0.4 is 5.32 Å². The molecule has 21 heavy (non-hydrogen) atoms. The Morgan fingerprint density at radius 3 is 2.71 bits per heavy atom. The van der Waals surface area contributed by atoms with Gasteiger partial charge in [-0.05, 0) is 25.2 Å². The standard InChI is InChI=1S/C17H36N2O2/c1-5-7-16-14-19(8-6-9-21-11-10-20-4)17(13-18-16)12-15(2)3/h15-18H,5-14H2,1-4H3. The van der Waals surface area contributed by atoms with E-state index in [2.05, 4.69) is 31.0 Å². The average Bonchev–Trinajstić information content (AvgIpc) is 2.45. The van der Waals surface area contributed by atoms with Crippen molar-refractivity contribution in [1.82, 2.24) is 10.2 Å². The van der Waals surface area contributed by atoms with Crippen molar-refractivity contribution < 1.29 is 9.47 Å². The normalized spacial score (nSPS) is 23.9. The Morgan fingerprint density at radius 2 is 2.05 bits per heavy atom. The van der Waals surface area contributed by atoms with Crippen LogP contribution in [0.4, 0.5) is 0 Å². The van der Waals surface area contributed by atoms with Gasteiger partial charge in [0, 0.05) is 45.4 Å². The summed E-state index contributed by atoms with van der Waals surface area (Å²) >= 11 is 0. The van der Waals surface area contributed by atoms with Crippen LogP contribution in [0.1, 0.15) is 46.5 Å². The predicted octanol–water partition coefficient (Wildman–Crippen LogP) is 2.53. The molecule has 1 N–H and O–H groups in total. The second kappa shape index (κ2) is 11.4. The lowest BCUT2D eigenvalue weighted by Crippen LogP contribution is -2.56. The quantitative estimate of drug-likeness (QED) is 0.595. The highest BCUT2D eigenvalue weighted by atomic mass is 16.5. The van der Waals surface area contributed by atoms with E-state index in [9.17, 15) is 0 Å². The molecule has 1 saturated heterocycles. The number of hydrogen-bond acceptors (Lipinski definition) is 4. The zero-order valence-electron chi connectivity index (χ0n) is 14.6. The number of hydrogen-bond donors (Lipinski definition) is 1. The summed E-state index contributed by atoms with van der Waals surface area (Å²) in [6, 6.07) is 1.37. The molecular weight excluding hydrogens is 264 g/mol. The summed E-state index contributed by atoms with van der Waals surface area (Å²) in [7, 11) is 1.72. The van der Waals surface area contributed by atoms with Gasteiger partial charge in [0.25, 0.3) is 0 Å². The third kappa shape index (κ3) is 8.15. The lowest BCUT2D eigenvalue weighted by molar-refractivity contribution is 0.0551. The molecule has 2 unspecified atom stereocenters. The first kappa shape index (κ1) is 18.9. The molecule has 0 saturated carbocycles. The van der Waals surface area contributed by atoms with Gasteiger partial charge in [-0.2, -0.15) is 0 Å². The summed E-state index contributed by atoms with van der Waals surface area (Å²) in [5.74, 6) is 0.764. The third-order valence-electron chi connectivity index (χ3n) is 4.16. The molecule has 126 valence electrons. The molecule has 0 aliphatic carbocycles. The summed E-state index contributed by atoms with van der Waals surface area (Å²) in [5.41, 5.74) is 0. The van der Waals surface area contributed by atoms with E-state index in [1.165, 1.54) is 25.8 Å². The highest BCUT2D eigenvalue weighted by Crippen LogP contribution is 2.17. The van der Waals surface area contributed by atoms with Crippen LogP contribution in [0.5, 0.6) is 0 Å². The Labute approximate surface area is 131 Å². The average molecular weight is 300 g/mol. The predicted molar refractivity (Wildman–Crippen MR) is 88.8 cm³/mol. The number of nitrogens with one attached hydrogen (secondary N) is 1. The largest absolute Gasteiger partial charge is 0.382 e. The summed E-state index contributed by atoms with van der Waals surface area (Å²) in [4.78, 5) is 2.69. The molecule has 1 rings (SSSR count). The fourth-order valence-corrected chi connectivity index (χ4v) is 3.13. The van der Waals surface area contributed by atoms with E-state index in [-0.39, 0.29) is 0 Å². The molecule has 1 fully saturated rings. The molecule has 1 heterocycles. The number of rotatable bonds is 11. The molecule has 0 radical (unpaired) electrons. The van der Waals surface area contributed by atoms with E-state index in [4.69, 9.17) is 9.47 Å². The van der Waals surface area contributed by atoms with Crippen LogP contribution in [0.15, 0.2) is 0 Å². The SMILES string of the molecule is CCCC1CN(CCCOCCOC)C(CC(C)C)CN1. The minimum absolute atomic E-state index is 0.674. The van der Waals surface area contributed by atoms with Crippen molar-refractivity contribution in [2.45, 2.75) is 58.5 Å². The van der Waals surface area contributed by atoms with Crippen LogP contribution in [0.3, 0.4) is 0 Å². The fraction of sp³-hybridized carbons (Fsp3) is 1.00. The Kier molecular flexibility index (Phi) is 10.3. The van der Waals surface area contributed by atoms with E-state index in [1.807, 2.05) is 0 Å². The first-order valence-electron chi connectivity index (χ1n) is 8.71. The van der Waals surface area contributed by atoms with Crippen LogP contribution >= 0.6 is 0 Å². The van der Waals surface area contributed by atoms with Crippen molar-refractivity contribution in [3.8, 4) is 0 Å². The molecule has 4 nitrogen and oxygen atoms in total. The van der Waals surface area contributed by atoms with Gasteiger partial charge in [0.05, 0.1) is 13.2 Å². The van der Waals surface area contributed by atoms with E-state index in [0.717, 1.165) is 32.0 Å². The van der Waals surface area contributed by atoms with E-state index < -0.39 is 0 Å². The molecule has 1 aliphatic rings. The van der Waals surface area contributed by atoms with Gasteiger partial charge in [-0.3, -0.25) is 4.90 Å². The Morgan fingerprint density at radius 1 is 1.24 bits per heavy atom. The fourth-order valence-electron chi connectivity index (χ4n) is 3.13. The number of piperazine rings is 1. The molecule has 4 heteroatoms. The van der Waals surface area contributed by atoms with Gasteiger partial charge in [-0.15, -0.1) is 0 Å². The van der Waals surface area contributed by atoms with Crippen LogP contribution in [-0.2, 0) is 9.47 Å². The minimum atomic E-state index is 0.674. The summed E-state index contributed by atoms with van der Waals surface area (Å²) in [5, 5.41) is 3.73. The van der Waals surface area contributed by atoms with Gasteiger partial charge < -0.3 is 14.8 Å². The molecule has 0 aromatic rings. The highest BCUT2D eigenvalue weighted by molar-refractivity contribution is 4.86. The maximum atomic E-state index is 5.59. The Bertz CT molecular complexity index is 249. The zero-order chi connectivity index (χ0) is 15.5. The van der Waals surface area contributed by atoms with Crippen LogP contribution in [0, 0.1) is 5.92 Å². The van der Waals surface area contributed by atoms with Gasteiger partial charge in [0.1, 0.15) is 0 Å². The van der Waals surface area contributed by atoms with Crippen molar-refractivity contribution in [3.63, 3.8) is 0 Å². The number of ether oxygens (including phenoxy) is 2. The Hall–Kier alpha value is -0.160. The molecular formula is C17H36N2O2. The van der Waals surface area contributed by atoms with Crippen molar-refractivity contribution >= 4 is 0 Å². The minimum Gasteiger partial charge on any atom is -0.382 e. The van der Waals surface area contributed by atoms with Gasteiger partial charge in [-0.25, -0.2) is 0 Å². The molecule has 1 aliphatic heterocycles. The number of nitrogens with zero attached hydrogens (tertiary/aromatic N) is 1. The summed E-state index contributed by atoms with van der Waals surface area (Å²) in [6.07, 6.45) is 4.96. The first-order valence-corrected chi connectivity index (χ1v) is 8.71. The molecule has 0 bridgehead atoms. The lowest BCUT2D eigenvalue weighted by Gasteiger charge is -2.41. The topological polar surface area (TPSA) is 33.7 Å². The summed E-state index contributed by atoms with van der Waals surface area (Å²) in [6.45, 7) is 12.7. The molecule has 0 aromatic carbocycles. The van der Waals surface area contributed by atoms with E-state index >= 15 is 0 Å². The highest BCUT2D eigenvalue weighted by Gasteiger charge is 2.27. The summed E-state index contributed by atoms with van der Waals surface area (Å²) < 4.78 is 10.6. The third-order valence-corrected chi connectivity index (χ3v) is 4.16. The van der Waals surface area contributed by atoms with Crippen molar-refractivity contribution in [2.24, 2.45) is 5.92 Å². The molecule has 0 amide bonds. The van der Waals surface area contributed by atoms with Crippen LogP contribution in [-0.4, -0.2) is 63.5 Å². The van der Waals surface area contributed by atoms with Crippen molar-refractivity contribution in [2.75, 3.05) is 46.6 Å². The zero-order valence-corrected chi connectivity index (χ0v) is 14.6. The first-order chi connectivity index (χ1) is 10.2. The molecule has 2 atom stereocenters. The number of methoxy groups -OCH3 is 1. The van der Waals surface area contributed by atoms with Gasteiger partial charge in [-0.1, -0.05) is 27.2 Å². The molecule has 0 spiro atoms. The van der Waals surface area contributed by atoms with E-state index in [0.29, 0.717) is 25.3 Å². The van der Waals surface area contributed by atoms with Crippen molar-refractivity contribution in [3.05, 3.63) is 0 Å². The van der Waals surface area contributed by atoms with Crippen LogP contribution in [0.25, 0.3) is 0 Å². The van der Waals surface area contributed by atoms with Gasteiger partial charge >= 0.3 is 0 Å². The molecule has 0 aromatic heterocycles. The van der Waals surface area contributed by atoms with E-state index in [1.54, 1.807) is 7.11 Å². The van der Waals surface area contributed by atoms with Gasteiger partial charge in [0.2, 0.25) is 0 Å². The Balaban J connectivity index is 2.31. The van der Waals surface area contributed by atoms with Crippen molar-refractivity contribution in [1.29, 1.82) is 0 Å². The monoisotopic (exact) mass is 300 g/mol. The second-order valence-electron chi connectivity index (χ2n) is 6.63. The maximum Gasteiger partial charge on any atom is 0.0700 e. The maximum absolute atomic E-state index is 5.59. The van der Waals surface area contributed by atoms with Gasteiger partial charge in [0.15, 0.2) is 0 Å². The lowest BCUT2D eigenvalue weighted by atomic mass is 9.97.